The number of carbonyl (C=O) groups is 1. The summed E-state index contributed by atoms with van der Waals surface area (Å²) in [4.78, 5) is 11.9. The summed E-state index contributed by atoms with van der Waals surface area (Å²) < 4.78 is 37.1. The van der Waals surface area contributed by atoms with Gasteiger partial charge in [0.1, 0.15) is 0 Å². The normalized spacial score (nSPS) is 14.8. The number of benzene rings is 1. The highest BCUT2D eigenvalue weighted by molar-refractivity contribution is 6.18. The van der Waals surface area contributed by atoms with Crippen molar-refractivity contribution in [3.05, 3.63) is 35.4 Å². The Kier molecular flexibility index (Phi) is 4.85. The Morgan fingerprint density at radius 3 is 2.16 bits per heavy atom. The summed E-state index contributed by atoms with van der Waals surface area (Å²) in [7, 11) is 0. The average molecular weight is 294 g/mol. The van der Waals surface area contributed by atoms with Crippen molar-refractivity contribution in [2.45, 2.75) is 32.0 Å². The number of alkyl halides is 4. The third-order valence-corrected chi connectivity index (χ3v) is 3.55. The third-order valence-electron chi connectivity index (χ3n) is 2.96. The summed E-state index contributed by atoms with van der Waals surface area (Å²) in [5.41, 5.74) is -1.17. The van der Waals surface area contributed by atoms with E-state index in [0.717, 1.165) is 24.3 Å². The van der Waals surface area contributed by atoms with Gasteiger partial charge in [-0.25, -0.2) is 0 Å². The second-order valence-corrected chi connectivity index (χ2v) is 4.84. The first kappa shape index (κ1) is 15.8. The van der Waals surface area contributed by atoms with Crippen LogP contribution in [0.25, 0.3) is 0 Å². The lowest BCUT2D eigenvalue weighted by atomic mass is 10.0. The van der Waals surface area contributed by atoms with Gasteiger partial charge in [0, 0.05) is 11.4 Å². The summed E-state index contributed by atoms with van der Waals surface area (Å²) in [6.07, 6.45) is -3.77. The Bertz CT molecular complexity index is 438. The van der Waals surface area contributed by atoms with Crippen LogP contribution in [0.1, 0.15) is 36.2 Å². The molecule has 6 heteroatoms. The van der Waals surface area contributed by atoms with E-state index in [2.05, 4.69) is 5.32 Å². The molecule has 106 valence electrons. The maximum absolute atomic E-state index is 12.4. The predicted octanol–water partition coefficient (Wildman–Crippen LogP) is 3.84. The topological polar surface area (TPSA) is 29.1 Å². The maximum atomic E-state index is 12.4. The molecule has 0 saturated heterocycles. The van der Waals surface area contributed by atoms with Crippen molar-refractivity contribution in [2.75, 3.05) is 5.88 Å². The van der Waals surface area contributed by atoms with Crippen molar-refractivity contribution in [3.8, 4) is 0 Å². The first-order valence-electron chi connectivity index (χ1n) is 5.77. The molecule has 1 atom stereocenters. The van der Waals surface area contributed by atoms with Crippen molar-refractivity contribution < 1.29 is 18.0 Å². The van der Waals surface area contributed by atoms with Gasteiger partial charge in [-0.2, -0.15) is 13.2 Å². The molecule has 0 radical (unpaired) electrons. The zero-order valence-electron chi connectivity index (χ0n) is 10.6. The number of amides is 1. The minimum atomic E-state index is -4.40. The Hall–Kier alpha value is -1.23. The molecule has 0 saturated carbocycles. The van der Waals surface area contributed by atoms with Crippen LogP contribution in [0.5, 0.6) is 0 Å². The summed E-state index contributed by atoms with van der Waals surface area (Å²) in [5.74, 6) is -0.200. The van der Waals surface area contributed by atoms with E-state index in [4.69, 9.17) is 11.6 Å². The molecule has 0 aliphatic carbocycles. The zero-order chi connectivity index (χ0) is 14.7. The van der Waals surface area contributed by atoms with Gasteiger partial charge < -0.3 is 5.32 Å². The van der Waals surface area contributed by atoms with Gasteiger partial charge in [0.05, 0.1) is 11.1 Å². The molecule has 0 fully saturated rings. The highest BCUT2D eigenvalue weighted by atomic mass is 35.5. The minimum absolute atomic E-state index is 0.179. The summed E-state index contributed by atoms with van der Waals surface area (Å²) in [6.45, 7) is 3.65. The lowest BCUT2D eigenvalue weighted by Crippen LogP contribution is -2.47. The predicted molar refractivity (Wildman–Crippen MR) is 68.3 cm³/mol. The van der Waals surface area contributed by atoms with Crippen LogP contribution in [0.2, 0.25) is 0 Å². The standard InChI is InChI=1S/C13H15ClF3NO/c1-3-12(2,8-14)18-11(19)9-4-6-10(7-5-9)13(15,16)17/h4-7H,3,8H2,1-2H3,(H,18,19). The molecule has 1 aromatic rings. The number of hydrogen-bond acceptors (Lipinski definition) is 1. The lowest BCUT2D eigenvalue weighted by Gasteiger charge is -2.27. The smallest absolute Gasteiger partial charge is 0.346 e. The molecule has 1 rings (SSSR count). The molecular formula is C13H15ClF3NO. The number of carbonyl (C=O) groups excluding carboxylic acids is 1. The van der Waals surface area contributed by atoms with Crippen LogP contribution in [-0.4, -0.2) is 17.3 Å². The number of hydrogen-bond donors (Lipinski definition) is 1. The Balaban J connectivity index is 2.85. The first-order valence-corrected chi connectivity index (χ1v) is 6.31. The van der Waals surface area contributed by atoms with E-state index >= 15 is 0 Å². The molecule has 1 unspecified atom stereocenters. The number of halogens is 4. The fourth-order valence-electron chi connectivity index (χ4n) is 1.37. The van der Waals surface area contributed by atoms with Gasteiger partial charge in [0.15, 0.2) is 0 Å². The van der Waals surface area contributed by atoms with E-state index in [-0.39, 0.29) is 11.4 Å². The Morgan fingerprint density at radius 1 is 1.26 bits per heavy atom. The molecular weight excluding hydrogens is 279 g/mol. The molecule has 0 aliphatic heterocycles. The van der Waals surface area contributed by atoms with Crippen molar-refractivity contribution in [1.29, 1.82) is 0 Å². The molecule has 1 amide bonds. The van der Waals surface area contributed by atoms with Gasteiger partial charge in [0.2, 0.25) is 0 Å². The van der Waals surface area contributed by atoms with Gasteiger partial charge in [-0.05, 0) is 37.6 Å². The molecule has 0 spiro atoms. The summed E-state index contributed by atoms with van der Waals surface area (Å²) >= 11 is 5.76. The molecule has 1 N–H and O–H groups in total. The molecule has 1 aromatic carbocycles. The first-order chi connectivity index (χ1) is 8.72. The molecule has 0 aliphatic rings. The van der Waals surface area contributed by atoms with Crippen LogP contribution in [0.3, 0.4) is 0 Å². The van der Waals surface area contributed by atoms with E-state index in [1.165, 1.54) is 0 Å². The lowest BCUT2D eigenvalue weighted by molar-refractivity contribution is -0.137. The van der Waals surface area contributed by atoms with E-state index in [1.807, 2.05) is 6.92 Å². The van der Waals surface area contributed by atoms with Crippen molar-refractivity contribution in [3.63, 3.8) is 0 Å². The molecule has 19 heavy (non-hydrogen) atoms. The zero-order valence-corrected chi connectivity index (χ0v) is 11.4. The SMILES string of the molecule is CCC(C)(CCl)NC(=O)c1ccc(C(F)(F)F)cc1. The maximum Gasteiger partial charge on any atom is 0.416 e. The van der Waals surface area contributed by atoms with Crippen molar-refractivity contribution in [1.82, 2.24) is 5.32 Å². The van der Waals surface area contributed by atoms with Crippen LogP contribution < -0.4 is 5.32 Å². The second-order valence-electron chi connectivity index (χ2n) is 4.58. The fourth-order valence-corrected chi connectivity index (χ4v) is 1.63. The van der Waals surface area contributed by atoms with Gasteiger partial charge in [-0.15, -0.1) is 11.6 Å². The van der Waals surface area contributed by atoms with Crippen LogP contribution in [0.4, 0.5) is 13.2 Å². The molecule has 0 aromatic heterocycles. The molecule has 0 heterocycles. The Labute approximate surface area is 114 Å². The van der Waals surface area contributed by atoms with Gasteiger partial charge in [0.25, 0.3) is 5.91 Å². The fraction of sp³-hybridized carbons (Fsp3) is 0.462. The Morgan fingerprint density at radius 2 is 1.79 bits per heavy atom. The second kappa shape index (κ2) is 5.82. The number of nitrogens with one attached hydrogen (secondary N) is 1. The van der Waals surface area contributed by atoms with E-state index in [1.54, 1.807) is 6.92 Å². The summed E-state index contributed by atoms with van der Waals surface area (Å²) in [6, 6.07) is 4.09. The molecule has 0 bridgehead atoms. The van der Waals surface area contributed by atoms with Crippen LogP contribution in [0.15, 0.2) is 24.3 Å². The van der Waals surface area contributed by atoms with Crippen LogP contribution in [0, 0.1) is 0 Å². The minimum Gasteiger partial charge on any atom is -0.346 e. The van der Waals surface area contributed by atoms with Gasteiger partial charge >= 0.3 is 6.18 Å². The van der Waals surface area contributed by atoms with Crippen LogP contribution >= 0.6 is 11.6 Å². The van der Waals surface area contributed by atoms with Crippen LogP contribution in [-0.2, 0) is 6.18 Å². The monoisotopic (exact) mass is 293 g/mol. The quantitative estimate of drug-likeness (QED) is 0.840. The highest BCUT2D eigenvalue weighted by Crippen LogP contribution is 2.29. The average Bonchev–Trinajstić information content (AvgIpc) is 2.37. The molecule has 2 nitrogen and oxygen atoms in total. The van der Waals surface area contributed by atoms with Crippen molar-refractivity contribution >= 4 is 17.5 Å². The van der Waals surface area contributed by atoms with Gasteiger partial charge in [-0.3, -0.25) is 4.79 Å². The van der Waals surface area contributed by atoms with E-state index < -0.39 is 23.2 Å². The van der Waals surface area contributed by atoms with E-state index in [0.29, 0.717) is 6.42 Å². The van der Waals surface area contributed by atoms with Gasteiger partial charge in [-0.1, -0.05) is 6.92 Å². The highest BCUT2D eigenvalue weighted by Gasteiger charge is 2.30. The summed E-state index contributed by atoms with van der Waals surface area (Å²) in [5, 5.41) is 2.72. The van der Waals surface area contributed by atoms with E-state index in [9.17, 15) is 18.0 Å². The number of rotatable bonds is 4. The van der Waals surface area contributed by atoms with Crippen molar-refractivity contribution in [2.24, 2.45) is 0 Å². The third kappa shape index (κ3) is 4.13. The largest absolute Gasteiger partial charge is 0.416 e.